The molecule has 4 heteroatoms. The summed E-state index contributed by atoms with van der Waals surface area (Å²) in [5.74, 6) is 0. The Morgan fingerprint density at radius 2 is 1.77 bits per heavy atom. The van der Waals surface area contributed by atoms with Crippen molar-refractivity contribution >= 4 is 6.03 Å². The van der Waals surface area contributed by atoms with Gasteiger partial charge in [-0.2, -0.15) is 0 Å². The van der Waals surface area contributed by atoms with Crippen molar-refractivity contribution in [1.82, 2.24) is 15.1 Å². The summed E-state index contributed by atoms with van der Waals surface area (Å²) < 4.78 is 0. The standard InChI is InChI=1S/C18H27N3O/c1-4-21-16(22)19-14-17(21)10-12-18(13-11-17,20(2)3)15-8-6-5-7-9-15/h5-9H,4,10-14H2,1-3H3,(H,19,22). The van der Waals surface area contributed by atoms with E-state index in [9.17, 15) is 4.79 Å². The predicted molar refractivity (Wildman–Crippen MR) is 88.8 cm³/mol. The minimum atomic E-state index is 0.0279. The Bertz CT molecular complexity index is 533. The van der Waals surface area contributed by atoms with E-state index in [0.29, 0.717) is 0 Å². The van der Waals surface area contributed by atoms with Crippen LogP contribution in [0, 0.1) is 0 Å². The molecule has 2 fully saturated rings. The number of likely N-dealkylation sites (N-methyl/N-ethyl adjacent to an activating group) is 1. The van der Waals surface area contributed by atoms with Crippen molar-refractivity contribution in [3.8, 4) is 0 Å². The molecule has 1 spiro atoms. The Hall–Kier alpha value is -1.55. The van der Waals surface area contributed by atoms with E-state index >= 15 is 0 Å². The van der Waals surface area contributed by atoms with E-state index in [1.54, 1.807) is 0 Å². The lowest BCUT2D eigenvalue weighted by molar-refractivity contribution is 0.0277. The van der Waals surface area contributed by atoms with Gasteiger partial charge < -0.3 is 10.2 Å². The Morgan fingerprint density at radius 1 is 1.14 bits per heavy atom. The monoisotopic (exact) mass is 301 g/mol. The van der Waals surface area contributed by atoms with Crippen molar-refractivity contribution in [2.24, 2.45) is 0 Å². The number of carbonyl (C=O) groups excluding carboxylic acids is 1. The molecule has 2 aliphatic rings. The molecule has 1 N–H and O–H groups in total. The summed E-state index contributed by atoms with van der Waals surface area (Å²) in [6, 6.07) is 10.9. The van der Waals surface area contributed by atoms with Crippen LogP contribution in [0.3, 0.4) is 0 Å². The van der Waals surface area contributed by atoms with Gasteiger partial charge in [0.15, 0.2) is 0 Å². The van der Waals surface area contributed by atoms with Crippen molar-refractivity contribution in [3.63, 3.8) is 0 Å². The van der Waals surface area contributed by atoms with Crippen molar-refractivity contribution in [2.45, 2.75) is 43.7 Å². The maximum atomic E-state index is 12.0. The smallest absolute Gasteiger partial charge is 0.317 e. The Morgan fingerprint density at radius 3 is 2.32 bits per heavy atom. The topological polar surface area (TPSA) is 35.6 Å². The lowest BCUT2D eigenvalue weighted by Gasteiger charge is -2.50. The molecule has 0 atom stereocenters. The molecule has 0 bridgehead atoms. The number of amides is 2. The predicted octanol–water partition coefficient (Wildman–Crippen LogP) is 2.80. The van der Waals surface area contributed by atoms with Gasteiger partial charge >= 0.3 is 6.03 Å². The third-order valence-electron chi connectivity index (χ3n) is 5.88. The molecule has 120 valence electrons. The van der Waals surface area contributed by atoms with Crippen LogP contribution < -0.4 is 5.32 Å². The van der Waals surface area contributed by atoms with Crippen LogP contribution in [0.1, 0.15) is 38.2 Å². The first-order valence-corrected chi connectivity index (χ1v) is 8.32. The molecule has 0 unspecified atom stereocenters. The minimum absolute atomic E-state index is 0.0279. The van der Waals surface area contributed by atoms with Crippen LogP contribution in [0.2, 0.25) is 0 Å². The highest BCUT2D eigenvalue weighted by molar-refractivity contribution is 5.78. The van der Waals surface area contributed by atoms with Crippen LogP contribution in [0.5, 0.6) is 0 Å². The molecule has 2 amide bonds. The molecule has 1 aliphatic carbocycles. The third-order valence-corrected chi connectivity index (χ3v) is 5.88. The minimum Gasteiger partial charge on any atom is -0.336 e. The van der Waals surface area contributed by atoms with Gasteiger partial charge in [-0.1, -0.05) is 30.3 Å². The number of hydrogen-bond donors (Lipinski definition) is 1. The number of nitrogens with zero attached hydrogens (tertiary/aromatic N) is 2. The van der Waals surface area contributed by atoms with Gasteiger partial charge in [-0.15, -0.1) is 0 Å². The van der Waals surface area contributed by atoms with Crippen LogP contribution in [0.4, 0.5) is 4.79 Å². The van der Waals surface area contributed by atoms with Crippen molar-refractivity contribution in [3.05, 3.63) is 35.9 Å². The zero-order chi connectivity index (χ0) is 15.8. The Labute approximate surface area is 133 Å². The number of carbonyl (C=O) groups is 1. The van der Waals surface area contributed by atoms with Crippen LogP contribution in [-0.2, 0) is 5.54 Å². The number of urea groups is 1. The molecule has 0 radical (unpaired) electrons. The molecular formula is C18H27N3O. The summed E-state index contributed by atoms with van der Waals surface area (Å²) in [7, 11) is 4.36. The van der Waals surface area contributed by atoms with Gasteiger partial charge in [0.25, 0.3) is 0 Å². The second-order valence-corrected chi connectivity index (χ2v) is 6.92. The lowest BCUT2D eigenvalue weighted by Crippen LogP contribution is -2.55. The van der Waals surface area contributed by atoms with E-state index in [1.807, 2.05) is 0 Å². The molecule has 1 saturated carbocycles. The number of hydrogen-bond acceptors (Lipinski definition) is 2. The summed E-state index contributed by atoms with van der Waals surface area (Å²) in [4.78, 5) is 16.5. The van der Waals surface area contributed by atoms with Gasteiger partial charge in [-0.05, 0) is 52.3 Å². The second-order valence-electron chi connectivity index (χ2n) is 6.92. The highest BCUT2D eigenvalue weighted by atomic mass is 16.2. The zero-order valence-electron chi connectivity index (χ0n) is 13.9. The van der Waals surface area contributed by atoms with Crippen molar-refractivity contribution < 1.29 is 4.79 Å². The highest BCUT2D eigenvalue weighted by Crippen LogP contribution is 2.47. The summed E-state index contributed by atoms with van der Waals surface area (Å²) in [6.07, 6.45) is 4.31. The second kappa shape index (κ2) is 5.58. The van der Waals surface area contributed by atoms with Crippen LogP contribution in [-0.4, -0.2) is 48.6 Å². The van der Waals surface area contributed by atoms with E-state index in [4.69, 9.17) is 0 Å². The zero-order valence-corrected chi connectivity index (χ0v) is 13.9. The van der Waals surface area contributed by atoms with Gasteiger partial charge in [0.2, 0.25) is 0 Å². The van der Waals surface area contributed by atoms with Gasteiger partial charge in [-0.25, -0.2) is 4.79 Å². The Balaban J connectivity index is 1.86. The van der Waals surface area contributed by atoms with Gasteiger partial charge in [-0.3, -0.25) is 4.90 Å². The quantitative estimate of drug-likeness (QED) is 0.932. The maximum Gasteiger partial charge on any atom is 0.317 e. The van der Waals surface area contributed by atoms with Crippen LogP contribution in [0.25, 0.3) is 0 Å². The fourth-order valence-corrected chi connectivity index (χ4v) is 4.44. The highest BCUT2D eigenvalue weighted by Gasteiger charge is 2.51. The maximum absolute atomic E-state index is 12.0. The molecule has 1 aromatic rings. The SMILES string of the molecule is CCN1C(=O)NCC12CCC(c1ccccc1)(N(C)C)CC2. The lowest BCUT2D eigenvalue weighted by atomic mass is 9.68. The number of rotatable bonds is 3. The molecule has 0 aromatic heterocycles. The van der Waals surface area contributed by atoms with Crippen molar-refractivity contribution in [2.75, 3.05) is 27.2 Å². The Kier molecular flexibility index (Phi) is 3.89. The summed E-state index contributed by atoms with van der Waals surface area (Å²) in [5.41, 5.74) is 1.52. The van der Waals surface area contributed by atoms with E-state index in [1.165, 1.54) is 5.56 Å². The molecular weight excluding hydrogens is 274 g/mol. The summed E-state index contributed by atoms with van der Waals surface area (Å²) in [5, 5.41) is 3.05. The first-order chi connectivity index (χ1) is 10.5. The normalized spacial score (nSPS) is 31.8. The van der Waals surface area contributed by atoms with Gasteiger partial charge in [0.1, 0.15) is 0 Å². The molecule has 3 rings (SSSR count). The van der Waals surface area contributed by atoms with Crippen LogP contribution in [0.15, 0.2) is 30.3 Å². The number of nitrogens with one attached hydrogen (secondary N) is 1. The summed E-state index contributed by atoms with van der Waals surface area (Å²) in [6.45, 7) is 3.68. The van der Waals surface area contributed by atoms with E-state index in [-0.39, 0.29) is 17.1 Å². The number of benzene rings is 1. The molecule has 1 saturated heterocycles. The molecule has 4 nitrogen and oxygen atoms in total. The molecule has 1 aromatic carbocycles. The average Bonchev–Trinajstić information content (AvgIpc) is 2.85. The van der Waals surface area contributed by atoms with E-state index < -0.39 is 0 Å². The first-order valence-electron chi connectivity index (χ1n) is 8.32. The van der Waals surface area contributed by atoms with Gasteiger partial charge in [0.05, 0.1) is 5.54 Å². The van der Waals surface area contributed by atoms with Crippen molar-refractivity contribution in [1.29, 1.82) is 0 Å². The van der Waals surface area contributed by atoms with Crippen LogP contribution >= 0.6 is 0 Å². The molecule has 1 aliphatic heterocycles. The fourth-order valence-electron chi connectivity index (χ4n) is 4.44. The van der Waals surface area contributed by atoms with E-state index in [2.05, 4.69) is 66.5 Å². The average molecular weight is 301 g/mol. The summed E-state index contributed by atoms with van der Waals surface area (Å²) >= 11 is 0. The first kappa shape index (κ1) is 15.3. The van der Waals surface area contributed by atoms with Gasteiger partial charge in [0, 0.05) is 18.6 Å². The molecule has 22 heavy (non-hydrogen) atoms. The largest absolute Gasteiger partial charge is 0.336 e. The molecule has 1 heterocycles. The van der Waals surface area contributed by atoms with E-state index in [0.717, 1.165) is 38.8 Å². The fraction of sp³-hybridized carbons (Fsp3) is 0.611. The third kappa shape index (κ3) is 2.21.